The first-order chi connectivity index (χ1) is 9.06. The summed E-state index contributed by atoms with van der Waals surface area (Å²) in [5.41, 5.74) is 6.20. The van der Waals surface area contributed by atoms with Gasteiger partial charge >= 0.3 is 0 Å². The molecule has 1 aromatic carbocycles. The minimum atomic E-state index is -0.328. The number of carbonyl (C=O) groups is 2. The zero-order chi connectivity index (χ0) is 14.3. The Morgan fingerprint density at radius 3 is 2.47 bits per heavy atom. The Labute approximate surface area is 117 Å². The van der Waals surface area contributed by atoms with Gasteiger partial charge in [0, 0.05) is 18.5 Å². The van der Waals surface area contributed by atoms with Crippen molar-refractivity contribution in [3.63, 3.8) is 0 Å². The summed E-state index contributed by atoms with van der Waals surface area (Å²) in [6, 6.07) is 8.03. The Morgan fingerprint density at radius 2 is 1.95 bits per heavy atom. The number of hydrogen-bond acceptors (Lipinski definition) is 4. The summed E-state index contributed by atoms with van der Waals surface area (Å²) in [5, 5.41) is 2.46. The lowest BCUT2D eigenvalue weighted by molar-refractivity contribution is -0.131. The first-order valence-corrected chi connectivity index (χ1v) is 7.13. The summed E-state index contributed by atoms with van der Waals surface area (Å²) in [6.45, 7) is 0.397. The fourth-order valence-electron chi connectivity index (χ4n) is 1.47. The molecule has 104 valence electrons. The second-order valence-electron chi connectivity index (χ2n) is 4.08. The topological polar surface area (TPSA) is 75.4 Å². The van der Waals surface area contributed by atoms with E-state index in [0.717, 1.165) is 5.56 Å². The summed E-state index contributed by atoms with van der Waals surface area (Å²) in [6.07, 6.45) is 2.02. The van der Waals surface area contributed by atoms with Crippen LogP contribution in [0.25, 0.3) is 0 Å². The van der Waals surface area contributed by atoms with E-state index < -0.39 is 0 Å². The Balaban J connectivity index is 2.46. The number of nitrogens with one attached hydrogen (secondary N) is 1. The predicted octanol–water partition coefficient (Wildman–Crippen LogP) is 0.442. The van der Waals surface area contributed by atoms with Gasteiger partial charge in [-0.25, -0.2) is 0 Å². The molecule has 0 aromatic heterocycles. The van der Waals surface area contributed by atoms with Crippen LogP contribution >= 0.6 is 11.8 Å². The van der Waals surface area contributed by atoms with E-state index in [4.69, 9.17) is 5.73 Å². The lowest BCUT2D eigenvalue weighted by atomic mass is 10.2. The third-order valence-electron chi connectivity index (χ3n) is 2.63. The van der Waals surface area contributed by atoms with Crippen LogP contribution in [0.5, 0.6) is 0 Å². The number of amides is 2. The molecule has 0 atom stereocenters. The molecule has 1 aromatic rings. The SMILES string of the molecule is CSc1ccc(CN(C)C(=O)CNC(=O)CN)cc1. The van der Waals surface area contributed by atoms with Crippen molar-refractivity contribution >= 4 is 23.6 Å². The van der Waals surface area contributed by atoms with E-state index in [2.05, 4.69) is 5.32 Å². The number of hydrogen-bond donors (Lipinski definition) is 2. The molecule has 19 heavy (non-hydrogen) atoms. The van der Waals surface area contributed by atoms with Gasteiger partial charge in [-0.1, -0.05) is 12.1 Å². The third-order valence-corrected chi connectivity index (χ3v) is 3.37. The zero-order valence-corrected chi connectivity index (χ0v) is 12.0. The standard InChI is InChI=1S/C13H19N3O2S/c1-16(13(18)8-15-12(17)7-14)9-10-3-5-11(19-2)6-4-10/h3-6H,7-9,14H2,1-2H3,(H,15,17). The smallest absolute Gasteiger partial charge is 0.242 e. The molecule has 0 heterocycles. The van der Waals surface area contributed by atoms with Crippen LogP contribution in [0.4, 0.5) is 0 Å². The van der Waals surface area contributed by atoms with E-state index >= 15 is 0 Å². The average molecular weight is 281 g/mol. The molecule has 1 rings (SSSR count). The highest BCUT2D eigenvalue weighted by molar-refractivity contribution is 7.98. The van der Waals surface area contributed by atoms with Gasteiger partial charge < -0.3 is 16.0 Å². The number of rotatable bonds is 6. The van der Waals surface area contributed by atoms with E-state index in [1.807, 2.05) is 30.5 Å². The van der Waals surface area contributed by atoms with E-state index in [-0.39, 0.29) is 24.9 Å². The highest BCUT2D eigenvalue weighted by Gasteiger charge is 2.10. The lowest BCUT2D eigenvalue weighted by Gasteiger charge is -2.17. The third kappa shape index (κ3) is 5.32. The minimum absolute atomic E-state index is 0.0184. The number of nitrogens with two attached hydrogens (primary N) is 1. The largest absolute Gasteiger partial charge is 0.346 e. The van der Waals surface area contributed by atoms with Crippen LogP contribution in [-0.4, -0.2) is 43.1 Å². The first kappa shape index (κ1) is 15.5. The molecule has 0 unspecified atom stereocenters. The Kier molecular flexibility index (Phi) is 6.38. The van der Waals surface area contributed by atoms with Crippen LogP contribution in [0, 0.1) is 0 Å². The van der Waals surface area contributed by atoms with Gasteiger partial charge in [-0.15, -0.1) is 11.8 Å². The quantitative estimate of drug-likeness (QED) is 0.742. The van der Waals surface area contributed by atoms with Crippen LogP contribution in [0.2, 0.25) is 0 Å². The van der Waals surface area contributed by atoms with Crippen molar-refractivity contribution in [3.05, 3.63) is 29.8 Å². The summed E-state index contributed by atoms with van der Waals surface area (Å²) in [5.74, 6) is -0.471. The molecule has 3 N–H and O–H groups in total. The maximum Gasteiger partial charge on any atom is 0.242 e. The second kappa shape index (κ2) is 7.81. The molecule has 6 heteroatoms. The Morgan fingerprint density at radius 1 is 1.32 bits per heavy atom. The van der Waals surface area contributed by atoms with Crippen LogP contribution in [0.15, 0.2) is 29.2 Å². The fraction of sp³-hybridized carbons (Fsp3) is 0.385. The van der Waals surface area contributed by atoms with Gasteiger partial charge in [-0.3, -0.25) is 9.59 Å². The van der Waals surface area contributed by atoms with E-state index in [0.29, 0.717) is 6.54 Å². The normalized spacial score (nSPS) is 10.1. The van der Waals surface area contributed by atoms with Gasteiger partial charge in [0.15, 0.2) is 0 Å². The fourth-order valence-corrected chi connectivity index (χ4v) is 1.88. The molecular formula is C13H19N3O2S. The van der Waals surface area contributed by atoms with E-state index in [1.165, 1.54) is 4.90 Å². The summed E-state index contributed by atoms with van der Waals surface area (Å²) < 4.78 is 0. The predicted molar refractivity (Wildman–Crippen MR) is 76.8 cm³/mol. The summed E-state index contributed by atoms with van der Waals surface area (Å²) >= 11 is 1.68. The zero-order valence-electron chi connectivity index (χ0n) is 11.2. The summed E-state index contributed by atoms with van der Waals surface area (Å²) in [4.78, 5) is 25.5. The van der Waals surface area contributed by atoms with Crippen molar-refractivity contribution < 1.29 is 9.59 Å². The van der Waals surface area contributed by atoms with E-state index in [9.17, 15) is 9.59 Å². The molecule has 0 fully saturated rings. The van der Waals surface area contributed by atoms with Gasteiger partial charge in [0.2, 0.25) is 11.8 Å². The first-order valence-electron chi connectivity index (χ1n) is 5.90. The van der Waals surface area contributed by atoms with Gasteiger partial charge in [-0.2, -0.15) is 0 Å². The molecule has 5 nitrogen and oxygen atoms in total. The van der Waals surface area contributed by atoms with Crippen LogP contribution in [-0.2, 0) is 16.1 Å². The number of likely N-dealkylation sites (N-methyl/N-ethyl adjacent to an activating group) is 1. The number of carbonyl (C=O) groups excluding carboxylic acids is 2. The number of nitrogens with zero attached hydrogens (tertiary/aromatic N) is 1. The van der Waals surface area contributed by atoms with Crippen molar-refractivity contribution in [2.24, 2.45) is 5.73 Å². The molecule has 0 radical (unpaired) electrons. The molecule has 0 saturated carbocycles. The highest BCUT2D eigenvalue weighted by atomic mass is 32.2. The molecule has 2 amide bonds. The van der Waals surface area contributed by atoms with Gasteiger partial charge in [0.05, 0.1) is 13.1 Å². The van der Waals surface area contributed by atoms with Gasteiger partial charge in [0.25, 0.3) is 0 Å². The monoisotopic (exact) mass is 281 g/mol. The van der Waals surface area contributed by atoms with Crippen molar-refractivity contribution in [1.82, 2.24) is 10.2 Å². The van der Waals surface area contributed by atoms with Crippen molar-refractivity contribution in [1.29, 1.82) is 0 Å². The Hall–Kier alpha value is -1.53. The van der Waals surface area contributed by atoms with Crippen molar-refractivity contribution in [3.8, 4) is 0 Å². The van der Waals surface area contributed by atoms with Gasteiger partial charge in [-0.05, 0) is 24.0 Å². The maximum absolute atomic E-state index is 11.8. The molecule has 0 spiro atoms. The molecule has 0 bridgehead atoms. The molecule has 0 aliphatic heterocycles. The minimum Gasteiger partial charge on any atom is -0.346 e. The average Bonchev–Trinajstić information content (AvgIpc) is 2.44. The maximum atomic E-state index is 11.8. The summed E-state index contributed by atoms with van der Waals surface area (Å²) in [7, 11) is 1.71. The van der Waals surface area contributed by atoms with Crippen molar-refractivity contribution in [2.45, 2.75) is 11.4 Å². The molecule has 0 saturated heterocycles. The number of benzene rings is 1. The second-order valence-corrected chi connectivity index (χ2v) is 4.96. The molecule has 0 aliphatic carbocycles. The lowest BCUT2D eigenvalue weighted by Crippen LogP contribution is -2.40. The van der Waals surface area contributed by atoms with Crippen LogP contribution < -0.4 is 11.1 Å². The highest BCUT2D eigenvalue weighted by Crippen LogP contribution is 2.15. The van der Waals surface area contributed by atoms with E-state index in [1.54, 1.807) is 23.7 Å². The van der Waals surface area contributed by atoms with Crippen molar-refractivity contribution in [2.75, 3.05) is 26.4 Å². The van der Waals surface area contributed by atoms with Crippen LogP contribution in [0.1, 0.15) is 5.56 Å². The van der Waals surface area contributed by atoms with Gasteiger partial charge in [0.1, 0.15) is 0 Å². The number of thioether (sulfide) groups is 1. The van der Waals surface area contributed by atoms with Crippen LogP contribution in [0.3, 0.4) is 0 Å². The molecule has 0 aliphatic rings. The Bertz CT molecular complexity index is 434. The molecular weight excluding hydrogens is 262 g/mol.